The van der Waals surface area contributed by atoms with Gasteiger partial charge in [0.05, 0.1) is 33.8 Å². The molecule has 14 heteroatoms. The Morgan fingerprint density at radius 3 is 2.42 bits per heavy atom. The number of halogens is 3. The van der Waals surface area contributed by atoms with Crippen molar-refractivity contribution in [2.75, 3.05) is 49.3 Å². The van der Waals surface area contributed by atoms with Crippen LogP contribution >= 0.6 is 11.6 Å². The Hall–Kier alpha value is -3.81. The van der Waals surface area contributed by atoms with E-state index in [1.54, 1.807) is 0 Å². The Kier molecular flexibility index (Phi) is 8.86. The van der Waals surface area contributed by atoms with Gasteiger partial charge in [-0.3, -0.25) is 14.5 Å². The number of hydrogen-bond acceptors (Lipinski definition) is 8. The highest BCUT2D eigenvalue weighted by atomic mass is 35.5. The molecule has 230 valence electrons. The summed E-state index contributed by atoms with van der Waals surface area (Å²) in [4.78, 5) is 30.5. The fourth-order valence-electron chi connectivity index (χ4n) is 5.43. The van der Waals surface area contributed by atoms with Crippen LogP contribution in [-0.2, 0) is 4.74 Å². The number of amides is 2. The molecule has 3 heterocycles. The number of nitrogens with zero attached hydrogens (tertiary/aromatic N) is 5. The molecule has 0 unspecified atom stereocenters. The van der Waals surface area contributed by atoms with Crippen LogP contribution in [0.5, 0.6) is 0 Å². The molecule has 11 nitrogen and oxygen atoms in total. The van der Waals surface area contributed by atoms with E-state index in [0.717, 1.165) is 4.68 Å². The van der Waals surface area contributed by atoms with Crippen molar-refractivity contribution in [1.82, 2.24) is 25.2 Å². The van der Waals surface area contributed by atoms with E-state index in [-0.39, 0.29) is 57.0 Å². The van der Waals surface area contributed by atoms with Gasteiger partial charge in [0.1, 0.15) is 5.69 Å². The van der Waals surface area contributed by atoms with Gasteiger partial charge in [-0.05, 0) is 52.8 Å². The molecule has 0 bridgehead atoms. The van der Waals surface area contributed by atoms with Crippen LogP contribution < -0.4 is 21.3 Å². The molecule has 0 aliphatic carbocycles. The van der Waals surface area contributed by atoms with Gasteiger partial charge in [-0.15, -0.1) is 5.10 Å². The number of anilines is 3. The van der Waals surface area contributed by atoms with E-state index < -0.39 is 23.4 Å². The molecule has 5 rings (SSSR count). The Morgan fingerprint density at radius 2 is 1.74 bits per heavy atom. The molecule has 0 radical (unpaired) electrons. The quantitative estimate of drug-likeness (QED) is 0.357. The summed E-state index contributed by atoms with van der Waals surface area (Å²) in [5.74, 6) is -2.41. The molecular formula is C29H35ClF2N8O3. The molecule has 3 aromatic rings. The highest BCUT2D eigenvalue weighted by molar-refractivity contribution is 6.35. The molecule has 2 atom stereocenters. The van der Waals surface area contributed by atoms with Crippen molar-refractivity contribution in [3.05, 3.63) is 57.9 Å². The number of hydrogen-bond donors (Lipinski definition) is 3. The molecule has 4 N–H and O–H groups in total. The van der Waals surface area contributed by atoms with Gasteiger partial charge in [0.15, 0.2) is 17.3 Å². The lowest BCUT2D eigenvalue weighted by atomic mass is 10.1. The first-order chi connectivity index (χ1) is 20.4. The predicted octanol–water partition coefficient (Wildman–Crippen LogP) is 3.78. The number of ether oxygens (including phenoxy) is 1. The average molecular weight is 617 g/mol. The minimum Gasteiger partial charge on any atom is -0.396 e. The molecule has 2 aromatic carbocycles. The minimum absolute atomic E-state index is 0.0197. The van der Waals surface area contributed by atoms with E-state index in [1.807, 2.05) is 11.9 Å². The smallest absolute Gasteiger partial charge is 0.273 e. The molecule has 43 heavy (non-hydrogen) atoms. The summed E-state index contributed by atoms with van der Waals surface area (Å²) in [5.41, 5.74) is 6.28. The maximum absolute atomic E-state index is 15.8. The third kappa shape index (κ3) is 6.29. The second-order valence-corrected chi connectivity index (χ2v) is 11.6. The zero-order valence-corrected chi connectivity index (χ0v) is 25.2. The van der Waals surface area contributed by atoms with Crippen LogP contribution in [0, 0.1) is 18.6 Å². The van der Waals surface area contributed by atoms with Gasteiger partial charge in [0.25, 0.3) is 11.8 Å². The van der Waals surface area contributed by atoms with Gasteiger partial charge in [0, 0.05) is 56.1 Å². The van der Waals surface area contributed by atoms with Gasteiger partial charge in [-0.1, -0.05) is 16.8 Å². The first-order valence-corrected chi connectivity index (χ1v) is 14.5. The maximum Gasteiger partial charge on any atom is 0.273 e. The normalized spacial score (nSPS) is 19.8. The standard InChI is InChI=1S/C29H35ClF2N8O3/c1-15-12-39(13-16(2)38(15)4)25-10-20(31)24(40-14-23(36-37-40)29(42)34-18-5-7-43-8-6-18)11-22(25)35-28(41)19-9-21(33)27(32)17(3)26(19)30/h9-11,14-16,18H,5-8,12-13,33H2,1-4H3,(H,34,42)(H,35,41)/t15-,16+. The zero-order chi connectivity index (χ0) is 31.0. The van der Waals surface area contributed by atoms with Gasteiger partial charge in [0.2, 0.25) is 0 Å². The number of piperazine rings is 1. The van der Waals surface area contributed by atoms with Gasteiger partial charge >= 0.3 is 0 Å². The number of nitrogen functional groups attached to an aromatic ring is 1. The lowest BCUT2D eigenvalue weighted by Gasteiger charge is -2.44. The Labute approximate surface area is 253 Å². The van der Waals surface area contributed by atoms with E-state index in [2.05, 4.69) is 39.7 Å². The number of aromatic nitrogens is 3. The van der Waals surface area contributed by atoms with E-state index in [9.17, 15) is 14.0 Å². The monoisotopic (exact) mass is 616 g/mol. The molecular weight excluding hydrogens is 582 g/mol. The highest BCUT2D eigenvalue weighted by Crippen LogP contribution is 2.35. The predicted molar refractivity (Wildman–Crippen MR) is 160 cm³/mol. The second-order valence-electron chi connectivity index (χ2n) is 11.2. The third-order valence-electron chi connectivity index (χ3n) is 8.24. The Bertz CT molecular complexity index is 1530. The lowest BCUT2D eigenvalue weighted by Crippen LogP contribution is -2.55. The van der Waals surface area contributed by atoms with Gasteiger partial charge < -0.3 is 26.0 Å². The lowest BCUT2D eigenvalue weighted by molar-refractivity contribution is 0.0694. The van der Waals surface area contributed by atoms with Crippen molar-refractivity contribution in [3.8, 4) is 5.69 Å². The summed E-state index contributed by atoms with van der Waals surface area (Å²) < 4.78 is 36.6. The van der Waals surface area contributed by atoms with E-state index in [4.69, 9.17) is 22.1 Å². The molecule has 1 aromatic heterocycles. The SMILES string of the molecule is Cc1c(F)c(N)cc(C(=O)Nc2cc(-n3cc(C(=O)NC4CCOCC4)nn3)c(F)cc2N2C[C@@H](C)N(C)[C@@H](C)C2)c1Cl. The molecule has 2 saturated heterocycles. The Morgan fingerprint density at radius 1 is 1.07 bits per heavy atom. The van der Waals surface area contributed by atoms with Gasteiger partial charge in [-0.25, -0.2) is 13.5 Å². The fourth-order valence-corrected chi connectivity index (χ4v) is 5.65. The average Bonchev–Trinajstić information content (AvgIpc) is 3.48. The molecule has 2 aliphatic heterocycles. The van der Waals surface area contributed by atoms with Crippen molar-refractivity contribution in [3.63, 3.8) is 0 Å². The van der Waals surface area contributed by atoms with Crippen LogP contribution in [0.3, 0.4) is 0 Å². The number of carbonyl (C=O) groups is 2. The topological polar surface area (TPSA) is 131 Å². The first-order valence-electron chi connectivity index (χ1n) is 14.1. The molecule has 2 aliphatic rings. The number of nitrogens with two attached hydrogens (primary N) is 1. The van der Waals surface area contributed by atoms with Gasteiger partial charge in [-0.2, -0.15) is 0 Å². The summed E-state index contributed by atoms with van der Waals surface area (Å²) in [6.07, 6.45) is 2.71. The van der Waals surface area contributed by atoms with Crippen LogP contribution in [0.4, 0.5) is 25.8 Å². The van der Waals surface area contributed by atoms with Crippen LogP contribution in [0.15, 0.2) is 24.4 Å². The maximum atomic E-state index is 15.8. The number of likely N-dealkylation sites (N-methyl/N-ethyl adjacent to an activating group) is 1. The second kappa shape index (κ2) is 12.4. The molecule has 0 spiro atoms. The number of rotatable bonds is 6. The van der Waals surface area contributed by atoms with Crippen molar-refractivity contribution < 1.29 is 23.1 Å². The van der Waals surface area contributed by atoms with Crippen molar-refractivity contribution in [2.45, 2.75) is 51.7 Å². The largest absolute Gasteiger partial charge is 0.396 e. The summed E-state index contributed by atoms with van der Waals surface area (Å²) in [6.45, 7) is 7.83. The van der Waals surface area contributed by atoms with Crippen molar-refractivity contribution in [2.24, 2.45) is 0 Å². The highest BCUT2D eigenvalue weighted by Gasteiger charge is 2.30. The summed E-state index contributed by atoms with van der Waals surface area (Å²) in [6, 6.07) is 4.18. The van der Waals surface area contributed by atoms with Crippen LogP contribution in [-0.4, -0.2) is 83.2 Å². The number of nitrogens with one attached hydrogen (secondary N) is 2. The molecule has 2 amide bonds. The fraction of sp³-hybridized carbons (Fsp3) is 0.448. The van der Waals surface area contributed by atoms with Crippen LogP contribution in [0.1, 0.15) is 53.1 Å². The summed E-state index contributed by atoms with van der Waals surface area (Å²) in [7, 11) is 2.03. The summed E-state index contributed by atoms with van der Waals surface area (Å²) in [5, 5.41) is 13.6. The van der Waals surface area contributed by atoms with Crippen molar-refractivity contribution in [1.29, 1.82) is 0 Å². The van der Waals surface area contributed by atoms with Crippen molar-refractivity contribution >= 4 is 40.5 Å². The van der Waals surface area contributed by atoms with E-state index >= 15 is 4.39 Å². The van der Waals surface area contributed by atoms with Crippen LogP contribution in [0.25, 0.3) is 5.69 Å². The van der Waals surface area contributed by atoms with E-state index in [0.29, 0.717) is 44.8 Å². The molecule has 0 saturated carbocycles. The first kappa shape index (κ1) is 30.6. The minimum atomic E-state index is -0.699. The number of benzene rings is 2. The van der Waals surface area contributed by atoms with Crippen LogP contribution in [0.2, 0.25) is 5.02 Å². The zero-order valence-electron chi connectivity index (χ0n) is 24.5. The molecule has 2 fully saturated rings. The number of carbonyl (C=O) groups excluding carboxylic acids is 2. The van der Waals surface area contributed by atoms with E-state index in [1.165, 1.54) is 31.3 Å². The summed E-state index contributed by atoms with van der Waals surface area (Å²) >= 11 is 6.33. The Balaban J connectivity index is 1.50. The third-order valence-corrected chi connectivity index (χ3v) is 8.72.